The number of hydrogen-bond acceptors (Lipinski definition) is 4. The van der Waals surface area contributed by atoms with Crippen molar-refractivity contribution < 1.29 is 19.1 Å². The second-order valence-electron chi connectivity index (χ2n) is 11.3. The van der Waals surface area contributed by atoms with Gasteiger partial charge in [0, 0.05) is 25.1 Å². The predicted molar refractivity (Wildman–Crippen MR) is 150 cm³/mol. The minimum absolute atomic E-state index is 0.0338. The number of aryl methyl sites for hydroxylation is 5. The molecular weight excluding hydrogens is 467 g/mol. The van der Waals surface area contributed by atoms with Crippen LogP contribution >= 0.6 is 7.92 Å². The molecule has 0 aliphatic heterocycles. The molecule has 0 aliphatic rings. The largest absolute Gasteiger partial charge is 0.458 e. The number of hydrogen-bond donors (Lipinski definition) is 0. The highest BCUT2D eigenvalue weighted by Crippen LogP contribution is 2.48. The second kappa shape index (κ2) is 12.1. The molecule has 4 nitrogen and oxygen atoms in total. The van der Waals surface area contributed by atoms with Crippen molar-refractivity contribution >= 4 is 24.9 Å². The first-order chi connectivity index (χ1) is 16.6. The number of ether oxygens (including phenoxy) is 1. The molecule has 0 saturated heterocycles. The first-order valence-corrected chi connectivity index (χ1v) is 14.0. The monoisotopic (exact) mass is 508 g/mol. The van der Waals surface area contributed by atoms with Gasteiger partial charge in [0.25, 0.3) is 0 Å². The van der Waals surface area contributed by atoms with Gasteiger partial charge in [-0.05, 0) is 86.4 Å². The maximum Gasteiger partial charge on any atom is 0.330 e. The molecule has 2 atom stereocenters. The van der Waals surface area contributed by atoms with E-state index in [1.54, 1.807) is 0 Å². The molecule has 5 heteroatoms. The van der Waals surface area contributed by atoms with E-state index in [9.17, 15) is 14.4 Å². The lowest BCUT2D eigenvalue weighted by molar-refractivity contribution is -0.138. The van der Waals surface area contributed by atoms with E-state index in [0.717, 1.165) is 45.9 Å². The Hall–Kier alpha value is -2.58. The zero-order valence-corrected chi connectivity index (χ0v) is 24.3. The van der Waals surface area contributed by atoms with Crippen LogP contribution in [0.4, 0.5) is 0 Å². The van der Waals surface area contributed by atoms with Crippen LogP contribution in [0.1, 0.15) is 88.2 Å². The number of rotatable bonds is 10. The van der Waals surface area contributed by atoms with Gasteiger partial charge in [0.1, 0.15) is 6.61 Å². The van der Waals surface area contributed by atoms with Gasteiger partial charge >= 0.3 is 5.97 Å². The van der Waals surface area contributed by atoms with Crippen molar-refractivity contribution in [2.45, 2.75) is 75.3 Å². The Labute approximate surface area is 218 Å². The quantitative estimate of drug-likeness (QED) is 0.185. The summed E-state index contributed by atoms with van der Waals surface area (Å²) >= 11 is 0. The zero-order valence-electron chi connectivity index (χ0n) is 23.4. The summed E-state index contributed by atoms with van der Waals surface area (Å²) in [6.07, 6.45) is 2.63. The molecule has 0 aliphatic carbocycles. The van der Waals surface area contributed by atoms with Crippen LogP contribution < -0.4 is 0 Å². The van der Waals surface area contributed by atoms with Crippen molar-refractivity contribution in [1.29, 1.82) is 0 Å². The molecule has 0 spiro atoms. The molecule has 2 rings (SSSR count). The van der Waals surface area contributed by atoms with Crippen molar-refractivity contribution in [3.63, 3.8) is 0 Å². The Morgan fingerprint density at radius 2 is 1.33 bits per heavy atom. The van der Waals surface area contributed by atoms with Gasteiger partial charge in [0.2, 0.25) is 0 Å². The molecule has 0 fully saturated rings. The smallest absolute Gasteiger partial charge is 0.330 e. The topological polar surface area (TPSA) is 60.4 Å². The third-order valence-corrected chi connectivity index (χ3v) is 8.61. The van der Waals surface area contributed by atoms with Crippen LogP contribution in [0.25, 0.3) is 0 Å². The Kier molecular flexibility index (Phi) is 9.97. The minimum Gasteiger partial charge on any atom is -0.458 e. The summed E-state index contributed by atoms with van der Waals surface area (Å²) in [7, 11) is -1.61. The van der Waals surface area contributed by atoms with E-state index in [2.05, 4.69) is 34.3 Å². The highest BCUT2D eigenvalue weighted by molar-refractivity contribution is 7.90. The normalized spacial score (nSPS) is 13.1. The van der Waals surface area contributed by atoms with Crippen molar-refractivity contribution in [2.24, 2.45) is 11.3 Å². The zero-order chi connectivity index (χ0) is 27.4. The molecule has 2 aromatic carbocycles. The summed E-state index contributed by atoms with van der Waals surface area (Å²) in [5.74, 6) is -0.260. The molecule has 0 N–H and O–H groups in total. The van der Waals surface area contributed by atoms with Crippen LogP contribution in [-0.4, -0.2) is 23.2 Å². The van der Waals surface area contributed by atoms with Gasteiger partial charge in [0.15, 0.2) is 11.0 Å². The molecule has 0 saturated carbocycles. The van der Waals surface area contributed by atoms with Gasteiger partial charge in [-0.15, -0.1) is 0 Å². The first kappa shape index (κ1) is 29.6. The molecule has 2 unspecified atom stereocenters. The predicted octanol–water partition coefficient (Wildman–Crippen LogP) is 7.99. The molecular formula is C31H41O4P. The fourth-order valence-electron chi connectivity index (χ4n) is 5.15. The summed E-state index contributed by atoms with van der Waals surface area (Å²) < 4.78 is 5.17. The van der Waals surface area contributed by atoms with Crippen molar-refractivity contribution in [3.05, 3.63) is 81.4 Å². The van der Waals surface area contributed by atoms with Gasteiger partial charge in [0.05, 0.1) is 0 Å². The molecule has 36 heavy (non-hydrogen) atoms. The van der Waals surface area contributed by atoms with Crippen molar-refractivity contribution in [1.82, 2.24) is 0 Å². The highest BCUT2D eigenvalue weighted by atomic mass is 31.1. The van der Waals surface area contributed by atoms with Crippen molar-refractivity contribution in [3.8, 4) is 0 Å². The highest BCUT2D eigenvalue weighted by Gasteiger charge is 2.34. The summed E-state index contributed by atoms with van der Waals surface area (Å²) in [4.78, 5) is 39.7. The maximum absolute atomic E-state index is 14.1. The lowest BCUT2D eigenvalue weighted by Crippen LogP contribution is -2.19. The molecule has 0 bridgehead atoms. The average Bonchev–Trinajstić information content (AvgIpc) is 2.73. The van der Waals surface area contributed by atoms with E-state index in [1.807, 2.05) is 58.9 Å². The lowest BCUT2D eigenvalue weighted by Gasteiger charge is -2.27. The van der Waals surface area contributed by atoms with Crippen LogP contribution in [0.5, 0.6) is 0 Å². The Bertz CT molecular complexity index is 1120. The molecule has 0 amide bonds. The first-order valence-electron chi connectivity index (χ1n) is 12.5. The fraction of sp³-hybridized carbons (Fsp3) is 0.452. The van der Waals surface area contributed by atoms with Crippen LogP contribution in [-0.2, 0) is 16.1 Å². The molecule has 2 aromatic rings. The number of carbonyl (C=O) groups is 3. The molecule has 194 valence electrons. The van der Waals surface area contributed by atoms with E-state index < -0.39 is 13.9 Å². The van der Waals surface area contributed by atoms with E-state index in [4.69, 9.17) is 4.74 Å². The average molecular weight is 509 g/mol. The fourth-order valence-corrected chi connectivity index (χ4v) is 7.67. The van der Waals surface area contributed by atoms with Gasteiger partial charge in [-0.2, -0.15) is 0 Å². The van der Waals surface area contributed by atoms with Gasteiger partial charge in [-0.25, -0.2) is 4.79 Å². The maximum atomic E-state index is 14.1. The molecule has 0 radical (unpaired) electrons. The third-order valence-electron chi connectivity index (χ3n) is 6.19. The third kappa shape index (κ3) is 7.71. The van der Waals surface area contributed by atoms with Crippen LogP contribution in [0.3, 0.4) is 0 Å². The summed E-state index contributed by atoms with van der Waals surface area (Å²) in [6.45, 7) is 22.0. The SMILES string of the molecule is C=CC(=O)OCc1cc(C)c(C(=O)P(CC(C)CC(C)(C)C)C(=O)c2c(C)cc(C)cc2C)c(C)c1. The van der Waals surface area contributed by atoms with Gasteiger partial charge < -0.3 is 4.74 Å². The number of esters is 1. The Morgan fingerprint density at radius 3 is 1.75 bits per heavy atom. The number of benzene rings is 2. The van der Waals surface area contributed by atoms with Crippen LogP contribution in [0, 0.1) is 46.0 Å². The van der Waals surface area contributed by atoms with Gasteiger partial charge in [-0.3, -0.25) is 9.59 Å². The summed E-state index contributed by atoms with van der Waals surface area (Å²) in [5, 5.41) is 0. The van der Waals surface area contributed by atoms with Crippen LogP contribution in [0.15, 0.2) is 36.9 Å². The lowest BCUT2D eigenvalue weighted by atomic mass is 9.86. The summed E-state index contributed by atoms with van der Waals surface area (Å²) in [6, 6.07) is 7.78. The van der Waals surface area contributed by atoms with Gasteiger partial charge in [-0.1, -0.05) is 64.1 Å². The van der Waals surface area contributed by atoms with E-state index >= 15 is 0 Å². The summed E-state index contributed by atoms with van der Waals surface area (Å²) in [5.41, 5.74) is 6.66. The van der Waals surface area contributed by atoms with E-state index in [0.29, 0.717) is 17.3 Å². The Balaban J connectivity index is 2.52. The number of carbonyl (C=O) groups excluding carboxylic acids is 3. The van der Waals surface area contributed by atoms with E-state index in [1.165, 1.54) is 0 Å². The molecule has 0 heterocycles. The Morgan fingerprint density at radius 1 is 0.889 bits per heavy atom. The van der Waals surface area contributed by atoms with Crippen LogP contribution in [0.2, 0.25) is 0 Å². The molecule has 0 aromatic heterocycles. The standard InChI is InChI=1S/C31H41O4P/c1-11-26(32)35-17-25-14-23(6)28(24(7)15-25)30(34)36(18-20(3)16-31(8,9)10)29(33)27-21(4)12-19(2)13-22(27)5/h11-15,20H,1,16-18H2,2-10H3. The minimum atomic E-state index is -1.61. The second-order valence-corrected chi connectivity index (χ2v) is 13.3. The van der Waals surface area contributed by atoms with E-state index in [-0.39, 0.29) is 29.0 Å². The van der Waals surface area contributed by atoms with Crippen molar-refractivity contribution in [2.75, 3.05) is 6.16 Å².